The fourth-order valence-electron chi connectivity index (χ4n) is 3.05. The summed E-state index contributed by atoms with van der Waals surface area (Å²) in [5.74, 6) is -0.230. The van der Waals surface area contributed by atoms with Gasteiger partial charge in [-0.2, -0.15) is 0 Å². The van der Waals surface area contributed by atoms with E-state index in [0.717, 1.165) is 28.9 Å². The van der Waals surface area contributed by atoms with Crippen LogP contribution >= 0.6 is 0 Å². The number of pyridine rings is 1. The second-order valence-corrected chi connectivity index (χ2v) is 6.21. The molecule has 4 rings (SSSR count). The van der Waals surface area contributed by atoms with Gasteiger partial charge in [-0.05, 0) is 54.3 Å². The lowest BCUT2D eigenvalue weighted by Gasteiger charge is -2.18. The zero-order valence-electron chi connectivity index (χ0n) is 13.4. The maximum Gasteiger partial charge on any atom is 0.137 e. The second-order valence-electron chi connectivity index (χ2n) is 6.21. The number of nitrogens with zero attached hydrogens (tertiary/aromatic N) is 2. The molecule has 1 atom stereocenters. The van der Waals surface area contributed by atoms with E-state index in [-0.39, 0.29) is 11.9 Å². The Balaban J connectivity index is 1.75. The summed E-state index contributed by atoms with van der Waals surface area (Å²) in [7, 11) is 0. The molecule has 2 heterocycles. The van der Waals surface area contributed by atoms with Crippen molar-refractivity contribution in [3.63, 3.8) is 0 Å². The standard InChI is InChI=1S/C20H18FN3/c1-13-2-3-16(10-18(13)22)19-12-23-20-11-15(8-9-24(19)20)14-4-6-17(21)7-5-14/h2-9,11-12,18H,10,22H2,1H3. The van der Waals surface area contributed by atoms with Crippen molar-refractivity contribution >= 4 is 11.2 Å². The van der Waals surface area contributed by atoms with Crippen molar-refractivity contribution in [3.05, 3.63) is 78.0 Å². The maximum atomic E-state index is 13.1. The van der Waals surface area contributed by atoms with Crippen molar-refractivity contribution in [2.45, 2.75) is 19.4 Å². The predicted molar refractivity (Wildman–Crippen MR) is 94.9 cm³/mol. The number of allylic oxidation sites excluding steroid dienone is 2. The minimum Gasteiger partial charge on any atom is -0.324 e. The van der Waals surface area contributed by atoms with Gasteiger partial charge >= 0.3 is 0 Å². The Bertz CT molecular complexity index is 964. The summed E-state index contributed by atoms with van der Waals surface area (Å²) in [5.41, 5.74) is 12.5. The number of hydrogen-bond donors (Lipinski definition) is 1. The highest BCUT2D eigenvalue weighted by atomic mass is 19.1. The fourth-order valence-corrected chi connectivity index (χ4v) is 3.05. The highest BCUT2D eigenvalue weighted by molar-refractivity contribution is 5.72. The lowest BCUT2D eigenvalue weighted by molar-refractivity contribution is 0.628. The number of fused-ring (bicyclic) bond motifs is 1. The predicted octanol–water partition coefficient (Wildman–Crippen LogP) is 4.20. The molecule has 0 radical (unpaired) electrons. The highest BCUT2D eigenvalue weighted by Crippen LogP contribution is 2.28. The molecule has 0 saturated heterocycles. The molecular formula is C20H18FN3. The van der Waals surface area contributed by atoms with Gasteiger partial charge in [-0.15, -0.1) is 0 Å². The minimum absolute atomic E-state index is 0.0639. The van der Waals surface area contributed by atoms with Crippen LogP contribution in [0.5, 0.6) is 0 Å². The smallest absolute Gasteiger partial charge is 0.137 e. The third-order valence-corrected chi connectivity index (χ3v) is 4.59. The number of nitrogens with two attached hydrogens (primary N) is 1. The van der Waals surface area contributed by atoms with Crippen LogP contribution in [0.2, 0.25) is 0 Å². The van der Waals surface area contributed by atoms with Crippen LogP contribution in [0, 0.1) is 5.82 Å². The Morgan fingerprint density at radius 1 is 1.12 bits per heavy atom. The van der Waals surface area contributed by atoms with E-state index < -0.39 is 0 Å². The summed E-state index contributed by atoms with van der Waals surface area (Å²) >= 11 is 0. The van der Waals surface area contributed by atoms with Gasteiger partial charge in [0.25, 0.3) is 0 Å². The molecule has 4 heteroatoms. The molecular weight excluding hydrogens is 301 g/mol. The van der Waals surface area contributed by atoms with Gasteiger partial charge in [0, 0.05) is 12.2 Å². The summed E-state index contributed by atoms with van der Waals surface area (Å²) in [6, 6.07) is 10.6. The van der Waals surface area contributed by atoms with Crippen LogP contribution in [0.3, 0.4) is 0 Å². The van der Waals surface area contributed by atoms with Crippen molar-refractivity contribution in [3.8, 4) is 11.1 Å². The number of rotatable bonds is 2. The Morgan fingerprint density at radius 3 is 2.67 bits per heavy atom. The Morgan fingerprint density at radius 2 is 1.92 bits per heavy atom. The monoisotopic (exact) mass is 319 g/mol. The molecule has 3 nitrogen and oxygen atoms in total. The zero-order chi connectivity index (χ0) is 16.7. The third-order valence-electron chi connectivity index (χ3n) is 4.59. The number of halogens is 1. The van der Waals surface area contributed by atoms with E-state index in [0.29, 0.717) is 0 Å². The average molecular weight is 319 g/mol. The molecule has 2 aromatic heterocycles. The van der Waals surface area contributed by atoms with Gasteiger partial charge in [-0.25, -0.2) is 9.37 Å². The number of hydrogen-bond acceptors (Lipinski definition) is 2. The first-order chi connectivity index (χ1) is 11.6. The minimum atomic E-state index is -0.230. The maximum absolute atomic E-state index is 13.1. The molecule has 1 aliphatic rings. The van der Waals surface area contributed by atoms with E-state index in [4.69, 9.17) is 5.73 Å². The third kappa shape index (κ3) is 2.55. The fraction of sp³-hybridized carbons (Fsp3) is 0.150. The Labute approximate surface area is 140 Å². The normalized spacial score (nSPS) is 17.7. The van der Waals surface area contributed by atoms with Gasteiger partial charge in [-0.1, -0.05) is 29.9 Å². The van der Waals surface area contributed by atoms with E-state index in [9.17, 15) is 4.39 Å². The van der Waals surface area contributed by atoms with Crippen molar-refractivity contribution in [2.75, 3.05) is 0 Å². The summed E-state index contributed by atoms with van der Waals surface area (Å²) in [6.45, 7) is 2.06. The zero-order valence-corrected chi connectivity index (χ0v) is 13.4. The van der Waals surface area contributed by atoms with Crippen LogP contribution in [0.4, 0.5) is 4.39 Å². The molecule has 2 N–H and O–H groups in total. The molecule has 0 spiro atoms. The topological polar surface area (TPSA) is 43.3 Å². The van der Waals surface area contributed by atoms with Crippen molar-refractivity contribution in [1.82, 2.24) is 9.38 Å². The average Bonchev–Trinajstić information content (AvgIpc) is 3.01. The summed E-state index contributed by atoms with van der Waals surface area (Å²) in [4.78, 5) is 4.53. The van der Waals surface area contributed by atoms with Gasteiger partial charge in [-0.3, -0.25) is 4.40 Å². The molecule has 0 bridgehead atoms. The first-order valence-corrected chi connectivity index (χ1v) is 7.98. The number of benzene rings is 1. The van der Waals surface area contributed by atoms with Crippen LogP contribution in [-0.4, -0.2) is 15.4 Å². The molecule has 1 aliphatic carbocycles. The molecule has 1 unspecified atom stereocenters. The highest BCUT2D eigenvalue weighted by Gasteiger charge is 2.16. The van der Waals surface area contributed by atoms with Gasteiger partial charge in [0.15, 0.2) is 0 Å². The van der Waals surface area contributed by atoms with Crippen molar-refractivity contribution < 1.29 is 4.39 Å². The lowest BCUT2D eigenvalue weighted by Crippen LogP contribution is -2.23. The molecule has 24 heavy (non-hydrogen) atoms. The van der Waals surface area contributed by atoms with Crippen LogP contribution in [-0.2, 0) is 0 Å². The lowest BCUT2D eigenvalue weighted by atomic mass is 9.93. The van der Waals surface area contributed by atoms with Crippen LogP contribution in [0.15, 0.2) is 66.5 Å². The Kier molecular flexibility index (Phi) is 3.54. The second kappa shape index (κ2) is 5.73. The molecule has 3 aromatic rings. The van der Waals surface area contributed by atoms with Crippen LogP contribution < -0.4 is 5.73 Å². The van der Waals surface area contributed by atoms with E-state index >= 15 is 0 Å². The van der Waals surface area contributed by atoms with Crippen LogP contribution in [0.25, 0.3) is 22.3 Å². The van der Waals surface area contributed by atoms with E-state index in [2.05, 4.69) is 28.5 Å². The van der Waals surface area contributed by atoms with Crippen molar-refractivity contribution in [2.24, 2.45) is 5.73 Å². The van der Waals surface area contributed by atoms with Crippen molar-refractivity contribution in [1.29, 1.82) is 0 Å². The SMILES string of the molecule is CC1=CC=C(c2cnc3cc(-c4ccc(F)cc4)ccn23)CC1N. The van der Waals surface area contributed by atoms with Gasteiger partial charge in [0.05, 0.1) is 11.9 Å². The Hall–Kier alpha value is -2.72. The summed E-state index contributed by atoms with van der Waals surface area (Å²) < 4.78 is 15.2. The molecule has 0 aliphatic heterocycles. The van der Waals surface area contributed by atoms with E-state index in [1.54, 1.807) is 12.1 Å². The first kappa shape index (κ1) is 14.8. The molecule has 1 aromatic carbocycles. The largest absolute Gasteiger partial charge is 0.324 e. The quantitative estimate of drug-likeness (QED) is 0.769. The first-order valence-electron chi connectivity index (χ1n) is 7.98. The summed E-state index contributed by atoms with van der Waals surface area (Å²) in [5, 5.41) is 0. The van der Waals surface area contributed by atoms with Gasteiger partial charge < -0.3 is 5.73 Å². The molecule has 0 fully saturated rings. The number of imidazole rings is 1. The molecule has 120 valence electrons. The van der Waals surface area contributed by atoms with Crippen LogP contribution in [0.1, 0.15) is 19.0 Å². The van der Waals surface area contributed by atoms with Gasteiger partial charge in [0.2, 0.25) is 0 Å². The number of aromatic nitrogens is 2. The van der Waals surface area contributed by atoms with E-state index in [1.807, 2.05) is 24.5 Å². The van der Waals surface area contributed by atoms with Gasteiger partial charge in [0.1, 0.15) is 11.5 Å². The molecule has 0 amide bonds. The summed E-state index contributed by atoms with van der Waals surface area (Å²) in [6.07, 6.45) is 8.91. The van der Waals surface area contributed by atoms with E-state index in [1.165, 1.54) is 23.3 Å². The molecule has 0 saturated carbocycles.